The van der Waals surface area contributed by atoms with Crippen molar-refractivity contribution < 1.29 is 14.3 Å². The van der Waals surface area contributed by atoms with Gasteiger partial charge in [-0.15, -0.1) is 0 Å². The average molecular weight is 261 g/mol. The maximum atomic E-state index is 11.9. The van der Waals surface area contributed by atoms with Gasteiger partial charge in [-0.3, -0.25) is 10.1 Å². The van der Waals surface area contributed by atoms with Crippen LogP contribution in [-0.4, -0.2) is 17.5 Å². The third kappa shape index (κ3) is 4.58. The summed E-state index contributed by atoms with van der Waals surface area (Å²) >= 11 is 0. The smallest absolute Gasteiger partial charge is 0.412 e. The van der Waals surface area contributed by atoms with Crippen LogP contribution >= 0.6 is 0 Å². The van der Waals surface area contributed by atoms with Crippen molar-refractivity contribution in [1.82, 2.24) is 0 Å². The van der Waals surface area contributed by atoms with Crippen molar-refractivity contribution in [1.29, 1.82) is 0 Å². The van der Waals surface area contributed by atoms with Gasteiger partial charge in [-0.05, 0) is 45.4 Å². The summed E-state index contributed by atoms with van der Waals surface area (Å²) in [7, 11) is 0. The van der Waals surface area contributed by atoms with Gasteiger partial charge in [0.15, 0.2) is 5.78 Å². The molecule has 0 aliphatic carbocycles. The highest BCUT2D eigenvalue weighted by Crippen LogP contribution is 2.19. The Morgan fingerprint density at radius 3 is 2.32 bits per heavy atom. The molecular formula is C15H19NO3. The molecule has 0 fully saturated rings. The molecule has 4 heteroatoms. The molecule has 0 aromatic heterocycles. The molecule has 1 N–H and O–H groups in total. The van der Waals surface area contributed by atoms with E-state index in [9.17, 15) is 9.59 Å². The number of carbonyl (C=O) groups excluding carboxylic acids is 2. The third-order valence-electron chi connectivity index (χ3n) is 2.19. The van der Waals surface area contributed by atoms with Gasteiger partial charge in [0.25, 0.3) is 0 Å². The van der Waals surface area contributed by atoms with E-state index in [1.54, 1.807) is 52.0 Å². The number of hydrogen-bond donors (Lipinski definition) is 1. The normalized spacial score (nSPS) is 10.7. The van der Waals surface area contributed by atoms with E-state index in [0.29, 0.717) is 16.8 Å². The molecule has 0 unspecified atom stereocenters. The predicted octanol–water partition coefficient (Wildman–Crippen LogP) is 3.79. The molecule has 0 aliphatic rings. The first-order valence-corrected chi connectivity index (χ1v) is 6.00. The van der Waals surface area contributed by atoms with Gasteiger partial charge in [0, 0.05) is 5.56 Å². The van der Waals surface area contributed by atoms with Crippen LogP contribution in [-0.2, 0) is 4.74 Å². The molecule has 1 rings (SSSR count). The maximum absolute atomic E-state index is 11.9. The van der Waals surface area contributed by atoms with Crippen molar-refractivity contribution in [3.05, 3.63) is 42.0 Å². The van der Waals surface area contributed by atoms with Crippen molar-refractivity contribution in [2.24, 2.45) is 0 Å². The zero-order valence-electron chi connectivity index (χ0n) is 11.7. The van der Waals surface area contributed by atoms with Gasteiger partial charge < -0.3 is 4.74 Å². The number of anilines is 1. The van der Waals surface area contributed by atoms with E-state index >= 15 is 0 Å². The lowest BCUT2D eigenvalue weighted by Gasteiger charge is -2.20. The minimum atomic E-state index is -0.588. The lowest BCUT2D eigenvalue weighted by molar-refractivity contribution is 0.0636. The highest BCUT2D eigenvalue weighted by molar-refractivity contribution is 6.12. The summed E-state index contributed by atoms with van der Waals surface area (Å²) in [5, 5.41) is 2.58. The standard InChI is InChI=1S/C15H19NO3/c1-10(2)13(17)11-8-6-7-9-12(11)16-14(18)19-15(3,4)5/h6-9H,1H2,2-5H3,(H,16,18). The molecule has 1 aromatic rings. The molecule has 1 aromatic carbocycles. The lowest BCUT2D eigenvalue weighted by atomic mass is 10.0. The van der Waals surface area contributed by atoms with Crippen LogP contribution in [0.4, 0.5) is 10.5 Å². The van der Waals surface area contributed by atoms with Crippen LogP contribution in [0.3, 0.4) is 0 Å². The number of allylic oxidation sites excluding steroid dienone is 1. The van der Waals surface area contributed by atoms with Crippen LogP contribution in [0, 0.1) is 0 Å². The molecule has 0 bridgehead atoms. The molecule has 0 saturated heterocycles. The summed E-state index contributed by atoms with van der Waals surface area (Å²) < 4.78 is 5.15. The van der Waals surface area contributed by atoms with Gasteiger partial charge in [-0.25, -0.2) is 4.79 Å². The highest BCUT2D eigenvalue weighted by Gasteiger charge is 2.18. The Kier molecular flexibility index (Phi) is 4.48. The number of ether oxygens (including phenoxy) is 1. The summed E-state index contributed by atoms with van der Waals surface area (Å²) in [5.41, 5.74) is 0.654. The molecule has 1 amide bonds. The number of ketones is 1. The first-order valence-electron chi connectivity index (χ1n) is 6.00. The Labute approximate surface area is 113 Å². The van der Waals surface area contributed by atoms with E-state index in [2.05, 4.69) is 11.9 Å². The fourth-order valence-electron chi connectivity index (χ4n) is 1.43. The minimum absolute atomic E-state index is 0.202. The van der Waals surface area contributed by atoms with E-state index in [1.165, 1.54) is 0 Å². The lowest BCUT2D eigenvalue weighted by Crippen LogP contribution is -2.27. The first-order chi connectivity index (χ1) is 8.70. The Hall–Kier alpha value is -2.10. The molecule has 0 heterocycles. The number of rotatable bonds is 3. The first kappa shape index (κ1) is 15.0. The van der Waals surface area contributed by atoms with Crippen LogP contribution in [0.2, 0.25) is 0 Å². The molecule has 0 atom stereocenters. The molecule has 4 nitrogen and oxygen atoms in total. The van der Waals surface area contributed by atoms with Gasteiger partial charge in [0.05, 0.1) is 5.69 Å². The van der Waals surface area contributed by atoms with Gasteiger partial charge >= 0.3 is 6.09 Å². The van der Waals surface area contributed by atoms with Crippen molar-refractivity contribution in [2.45, 2.75) is 33.3 Å². The SMILES string of the molecule is C=C(C)C(=O)c1ccccc1NC(=O)OC(C)(C)C. The third-order valence-corrected chi connectivity index (χ3v) is 2.19. The monoisotopic (exact) mass is 261 g/mol. The fraction of sp³-hybridized carbons (Fsp3) is 0.333. The van der Waals surface area contributed by atoms with E-state index in [4.69, 9.17) is 4.74 Å². The molecule has 0 aliphatic heterocycles. The summed E-state index contributed by atoms with van der Waals surface area (Å²) in [6.07, 6.45) is -0.588. The zero-order valence-corrected chi connectivity index (χ0v) is 11.7. The number of para-hydroxylation sites is 1. The summed E-state index contributed by atoms with van der Waals surface area (Å²) in [6, 6.07) is 6.77. The van der Waals surface area contributed by atoms with Crippen LogP contribution in [0.5, 0.6) is 0 Å². The number of benzene rings is 1. The van der Waals surface area contributed by atoms with E-state index in [-0.39, 0.29) is 5.78 Å². The van der Waals surface area contributed by atoms with E-state index in [0.717, 1.165) is 0 Å². The predicted molar refractivity (Wildman–Crippen MR) is 75.4 cm³/mol. The van der Waals surface area contributed by atoms with Crippen LogP contribution in [0.1, 0.15) is 38.1 Å². The topological polar surface area (TPSA) is 55.4 Å². The Morgan fingerprint density at radius 1 is 1.21 bits per heavy atom. The van der Waals surface area contributed by atoms with Crippen molar-refractivity contribution in [3.8, 4) is 0 Å². The van der Waals surface area contributed by atoms with Crippen molar-refractivity contribution in [2.75, 3.05) is 5.32 Å². The quantitative estimate of drug-likeness (QED) is 0.665. The van der Waals surface area contributed by atoms with E-state index < -0.39 is 11.7 Å². The van der Waals surface area contributed by atoms with Gasteiger partial charge in [-0.2, -0.15) is 0 Å². The number of hydrogen-bond acceptors (Lipinski definition) is 3. The largest absolute Gasteiger partial charge is 0.444 e. The minimum Gasteiger partial charge on any atom is -0.444 e. The van der Waals surface area contributed by atoms with Crippen molar-refractivity contribution in [3.63, 3.8) is 0 Å². The number of carbonyl (C=O) groups is 2. The highest BCUT2D eigenvalue weighted by atomic mass is 16.6. The second-order valence-corrected chi connectivity index (χ2v) is 5.28. The zero-order chi connectivity index (χ0) is 14.6. The number of amides is 1. The summed E-state index contributed by atoms with van der Waals surface area (Å²) in [5.74, 6) is -0.202. The number of Topliss-reactive ketones (excluding diaryl/α,β-unsaturated/α-hetero) is 1. The van der Waals surface area contributed by atoms with Gasteiger partial charge in [0.2, 0.25) is 0 Å². The number of nitrogens with one attached hydrogen (secondary N) is 1. The molecule has 0 saturated carbocycles. The fourth-order valence-corrected chi connectivity index (χ4v) is 1.43. The molecular weight excluding hydrogens is 242 g/mol. The maximum Gasteiger partial charge on any atom is 0.412 e. The van der Waals surface area contributed by atoms with Crippen molar-refractivity contribution >= 4 is 17.6 Å². The van der Waals surface area contributed by atoms with Gasteiger partial charge in [0.1, 0.15) is 5.60 Å². The van der Waals surface area contributed by atoms with Crippen LogP contribution < -0.4 is 5.32 Å². The molecule has 19 heavy (non-hydrogen) atoms. The summed E-state index contributed by atoms with van der Waals surface area (Å²) in [6.45, 7) is 10.6. The summed E-state index contributed by atoms with van der Waals surface area (Å²) in [4.78, 5) is 23.6. The second-order valence-electron chi connectivity index (χ2n) is 5.28. The Morgan fingerprint density at radius 2 is 1.79 bits per heavy atom. The Balaban J connectivity index is 2.93. The molecule has 0 spiro atoms. The molecule has 102 valence electrons. The van der Waals surface area contributed by atoms with Gasteiger partial charge in [-0.1, -0.05) is 18.7 Å². The average Bonchev–Trinajstić information content (AvgIpc) is 2.26. The van der Waals surface area contributed by atoms with E-state index in [1.807, 2.05) is 0 Å². The van der Waals surface area contributed by atoms with Crippen LogP contribution in [0.15, 0.2) is 36.4 Å². The van der Waals surface area contributed by atoms with Crippen LogP contribution in [0.25, 0.3) is 0 Å². The Bertz CT molecular complexity index is 512. The molecule has 0 radical (unpaired) electrons. The second kappa shape index (κ2) is 5.69.